The Morgan fingerprint density at radius 2 is 1.78 bits per heavy atom. The first-order valence-electron chi connectivity index (χ1n) is 8.15. The summed E-state index contributed by atoms with van der Waals surface area (Å²) in [5.41, 5.74) is 4.27. The topological polar surface area (TPSA) is 6.48 Å². The fourth-order valence-electron chi connectivity index (χ4n) is 3.59. The fourth-order valence-corrected chi connectivity index (χ4v) is 4.85. The smallest absolute Gasteiger partial charge is 0.0617 e. The van der Waals surface area contributed by atoms with Crippen molar-refractivity contribution in [3.63, 3.8) is 0 Å². The van der Waals surface area contributed by atoms with Crippen LogP contribution in [0.4, 0.5) is 0 Å². The van der Waals surface area contributed by atoms with Crippen molar-refractivity contribution < 1.29 is 0 Å². The number of benzene rings is 2. The van der Waals surface area contributed by atoms with Gasteiger partial charge in [-0.3, -0.25) is 4.90 Å². The molecule has 1 fully saturated rings. The zero-order valence-corrected chi connectivity index (χ0v) is 14.9. The molecule has 0 spiro atoms. The Balaban J connectivity index is 1.83. The van der Waals surface area contributed by atoms with Crippen LogP contribution in [0, 0.1) is 0 Å². The molecule has 0 amide bonds. The van der Waals surface area contributed by atoms with Crippen LogP contribution in [0.25, 0.3) is 0 Å². The average molecular weight is 345 g/mol. The Bertz CT molecular complexity index is 710. The number of fused-ring (bicyclic) bond motifs is 2. The number of piperazine rings is 1. The van der Waals surface area contributed by atoms with Crippen LogP contribution in [0.15, 0.2) is 47.4 Å². The summed E-state index contributed by atoms with van der Waals surface area (Å²) < 4.78 is 0. The van der Waals surface area contributed by atoms with Crippen LogP contribution in [0.5, 0.6) is 0 Å². The molecular formula is C19H21ClN2S. The van der Waals surface area contributed by atoms with Crippen LogP contribution in [0.2, 0.25) is 5.02 Å². The van der Waals surface area contributed by atoms with E-state index >= 15 is 0 Å². The van der Waals surface area contributed by atoms with E-state index in [4.69, 9.17) is 11.6 Å². The number of likely N-dealkylation sites (N-methyl/N-ethyl adjacent to an activating group) is 1. The minimum Gasteiger partial charge on any atom is -0.304 e. The van der Waals surface area contributed by atoms with E-state index in [2.05, 4.69) is 53.2 Å². The molecule has 2 aliphatic rings. The minimum atomic E-state index is 0.323. The van der Waals surface area contributed by atoms with Crippen LogP contribution >= 0.6 is 23.4 Å². The lowest BCUT2D eigenvalue weighted by atomic mass is 9.93. The van der Waals surface area contributed by atoms with Gasteiger partial charge in [0, 0.05) is 41.8 Å². The highest BCUT2D eigenvalue weighted by atomic mass is 35.5. The molecule has 4 heteroatoms. The van der Waals surface area contributed by atoms with Gasteiger partial charge in [0.15, 0.2) is 0 Å². The normalized spacial score (nSPS) is 22.3. The number of rotatable bonds is 1. The summed E-state index contributed by atoms with van der Waals surface area (Å²) in [6.45, 7) is 4.46. The maximum absolute atomic E-state index is 6.35. The second-order valence-electron chi connectivity index (χ2n) is 6.41. The maximum Gasteiger partial charge on any atom is 0.0617 e. The van der Waals surface area contributed by atoms with E-state index in [1.165, 1.54) is 21.6 Å². The van der Waals surface area contributed by atoms with Crippen LogP contribution in [0.1, 0.15) is 22.7 Å². The van der Waals surface area contributed by atoms with Crippen molar-refractivity contribution in [2.75, 3.05) is 33.2 Å². The molecule has 2 aromatic rings. The highest BCUT2D eigenvalue weighted by Crippen LogP contribution is 2.43. The lowest BCUT2D eigenvalue weighted by molar-refractivity contribution is 0.126. The van der Waals surface area contributed by atoms with E-state index in [1.807, 2.05) is 17.8 Å². The Morgan fingerprint density at radius 3 is 2.61 bits per heavy atom. The van der Waals surface area contributed by atoms with Gasteiger partial charge in [0.1, 0.15) is 0 Å². The lowest BCUT2D eigenvalue weighted by Gasteiger charge is -2.39. The van der Waals surface area contributed by atoms with E-state index in [-0.39, 0.29) is 0 Å². The summed E-state index contributed by atoms with van der Waals surface area (Å²) in [5, 5.41) is 0.836. The minimum absolute atomic E-state index is 0.323. The number of halogens is 1. The molecule has 0 N–H and O–H groups in total. The van der Waals surface area contributed by atoms with Gasteiger partial charge in [0.25, 0.3) is 0 Å². The molecule has 2 heterocycles. The van der Waals surface area contributed by atoms with E-state index < -0.39 is 0 Å². The highest BCUT2D eigenvalue weighted by molar-refractivity contribution is 7.98. The third kappa shape index (κ3) is 3.03. The van der Waals surface area contributed by atoms with Crippen LogP contribution < -0.4 is 0 Å². The largest absolute Gasteiger partial charge is 0.304 e. The molecule has 2 aromatic carbocycles. The first-order chi connectivity index (χ1) is 11.2. The van der Waals surface area contributed by atoms with Crippen molar-refractivity contribution in [3.05, 3.63) is 64.2 Å². The van der Waals surface area contributed by atoms with Gasteiger partial charge < -0.3 is 4.90 Å². The monoisotopic (exact) mass is 344 g/mol. The fraction of sp³-hybridized carbons (Fsp3) is 0.368. The average Bonchev–Trinajstić information content (AvgIpc) is 2.72. The van der Waals surface area contributed by atoms with E-state index in [1.54, 1.807) is 0 Å². The van der Waals surface area contributed by atoms with Crippen LogP contribution in [0.3, 0.4) is 0 Å². The molecule has 0 radical (unpaired) electrons. The maximum atomic E-state index is 6.35. The Labute approximate surface area is 147 Å². The zero-order chi connectivity index (χ0) is 15.8. The predicted molar refractivity (Wildman–Crippen MR) is 98.4 cm³/mol. The summed E-state index contributed by atoms with van der Waals surface area (Å²) in [6, 6.07) is 15.6. The van der Waals surface area contributed by atoms with Crippen molar-refractivity contribution in [2.45, 2.75) is 16.7 Å². The molecular weight excluding hydrogens is 324 g/mol. The first-order valence-corrected chi connectivity index (χ1v) is 9.51. The summed E-state index contributed by atoms with van der Waals surface area (Å²) in [4.78, 5) is 6.40. The van der Waals surface area contributed by atoms with Crippen molar-refractivity contribution in [2.24, 2.45) is 0 Å². The zero-order valence-electron chi connectivity index (χ0n) is 13.3. The standard InChI is InChI=1S/C19H21ClN2S/c1-21-8-10-22(11-9-21)19-16-5-3-2-4-14(16)13-23-18-7-6-15(20)12-17(18)19/h2-7,12,19H,8-11,13H2,1H3. The second kappa shape index (κ2) is 6.48. The number of thioether (sulfide) groups is 1. The summed E-state index contributed by atoms with van der Waals surface area (Å²) in [6.07, 6.45) is 0. The number of nitrogens with zero attached hydrogens (tertiary/aromatic N) is 2. The molecule has 1 unspecified atom stereocenters. The van der Waals surface area contributed by atoms with Crippen molar-refractivity contribution in [1.82, 2.24) is 9.80 Å². The van der Waals surface area contributed by atoms with E-state index in [0.717, 1.165) is 37.0 Å². The van der Waals surface area contributed by atoms with Gasteiger partial charge in [0.05, 0.1) is 6.04 Å². The molecule has 0 saturated carbocycles. The molecule has 0 aromatic heterocycles. The molecule has 0 aliphatic carbocycles. The van der Waals surface area contributed by atoms with Crippen LogP contribution in [-0.2, 0) is 5.75 Å². The SMILES string of the molecule is CN1CCN(C2c3ccccc3CSc3ccc(Cl)cc32)CC1. The molecule has 4 rings (SSSR count). The quantitative estimate of drug-likeness (QED) is 0.762. The second-order valence-corrected chi connectivity index (χ2v) is 7.87. The van der Waals surface area contributed by atoms with Gasteiger partial charge in [-0.2, -0.15) is 0 Å². The third-order valence-electron chi connectivity index (χ3n) is 4.90. The molecule has 1 atom stereocenters. The van der Waals surface area contributed by atoms with Gasteiger partial charge >= 0.3 is 0 Å². The summed E-state index contributed by atoms with van der Waals surface area (Å²) >= 11 is 8.28. The van der Waals surface area contributed by atoms with Gasteiger partial charge in [-0.1, -0.05) is 35.9 Å². The molecule has 23 heavy (non-hydrogen) atoms. The number of hydrogen-bond acceptors (Lipinski definition) is 3. The van der Waals surface area contributed by atoms with Gasteiger partial charge in [-0.15, -0.1) is 11.8 Å². The van der Waals surface area contributed by atoms with Crippen molar-refractivity contribution >= 4 is 23.4 Å². The van der Waals surface area contributed by atoms with Crippen LogP contribution in [-0.4, -0.2) is 43.0 Å². The van der Waals surface area contributed by atoms with Crippen molar-refractivity contribution in [3.8, 4) is 0 Å². The highest BCUT2D eigenvalue weighted by Gasteiger charge is 2.30. The Kier molecular flexibility index (Phi) is 4.37. The molecule has 2 nitrogen and oxygen atoms in total. The third-order valence-corrected chi connectivity index (χ3v) is 6.28. The molecule has 0 bridgehead atoms. The Hall–Kier alpha value is -1.00. The van der Waals surface area contributed by atoms with Gasteiger partial charge in [0.2, 0.25) is 0 Å². The molecule has 2 aliphatic heterocycles. The number of hydrogen-bond donors (Lipinski definition) is 0. The molecule has 120 valence electrons. The van der Waals surface area contributed by atoms with E-state index in [9.17, 15) is 0 Å². The summed E-state index contributed by atoms with van der Waals surface area (Å²) in [7, 11) is 2.21. The van der Waals surface area contributed by atoms with E-state index in [0.29, 0.717) is 6.04 Å². The molecule has 1 saturated heterocycles. The Morgan fingerprint density at radius 1 is 1.00 bits per heavy atom. The van der Waals surface area contributed by atoms with Gasteiger partial charge in [-0.05, 0) is 41.9 Å². The first kappa shape index (κ1) is 15.5. The van der Waals surface area contributed by atoms with Gasteiger partial charge in [-0.25, -0.2) is 0 Å². The summed E-state index contributed by atoms with van der Waals surface area (Å²) in [5.74, 6) is 1.04. The van der Waals surface area contributed by atoms with Crippen molar-refractivity contribution in [1.29, 1.82) is 0 Å². The lowest BCUT2D eigenvalue weighted by Crippen LogP contribution is -2.46. The predicted octanol–water partition coefficient (Wildman–Crippen LogP) is 4.28.